The van der Waals surface area contributed by atoms with E-state index < -0.39 is 0 Å². The highest BCUT2D eigenvalue weighted by molar-refractivity contribution is 6.00. The van der Waals surface area contributed by atoms with E-state index in [-0.39, 0.29) is 30.3 Å². The third kappa shape index (κ3) is 3.67. The zero-order valence-corrected chi connectivity index (χ0v) is 15.9. The summed E-state index contributed by atoms with van der Waals surface area (Å²) in [7, 11) is 0. The molecule has 6 heteroatoms. The fraction of sp³-hybridized carbons (Fsp3) is 0.364. The van der Waals surface area contributed by atoms with Gasteiger partial charge in [0, 0.05) is 18.7 Å². The SMILES string of the molecule is CCc1ccccc1N1CC(C(=O)NCC2COc3ccccc3O2)CC1=O. The Bertz CT molecular complexity index is 882. The lowest BCUT2D eigenvalue weighted by Crippen LogP contribution is -2.43. The highest BCUT2D eigenvalue weighted by atomic mass is 16.6. The van der Waals surface area contributed by atoms with Gasteiger partial charge in [0.1, 0.15) is 12.7 Å². The van der Waals surface area contributed by atoms with Crippen molar-refractivity contribution >= 4 is 17.5 Å². The van der Waals surface area contributed by atoms with E-state index in [4.69, 9.17) is 9.47 Å². The summed E-state index contributed by atoms with van der Waals surface area (Å²) < 4.78 is 11.5. The minimum atomic E-state index is -0.353. The summed E-state index contributed by atoms with van der Waals surface area (Å²) in [6, 6.07) is 15.3. The molecule has 4 rings (SSSR count). The Morgan fingerprint density at radius 1 is 1.14 bits per heavy atom. The number of benzene rings is 2. The molecule has 1 N–H and O–H groups in total. The van der Waals surface area contributed by atoms with Crippen molar-refractivity contribution in [1.82, 2.24) is 5.32 Å². The van der Waals surface area contributed by atoms with Crippen molar-refractivity contribution in [2.75, 3.05) is 24.6 Å². The summed E-state index contributed by atoms with van der Waals surface area (Å²) in [4.78, 5) is 26.9. The minimum absolute atomic E-state index is 0.00720. The standard InChI is InChI=1S/C22H24N2O4/c1-2-15-7-3-4-8-18(15)24-13-16(11-21(24)25)22(26)23-12-17-14-27-19-9-5-6-10-20(19)28-17/h3-10,16-17H,2,11-14H2,1H3,(H,23,26). The van der Waals surface area contributed by atoms with Crippen LogP contribution in [-0.2, 0) is 16.0 Å². The fourth-order valence-corrected chi connectivity index (χ4v) is 3.71. The molecule has 2 heterocycles. The van der Waals surface area contributed by atoms with Gasteiger partial charge in [-0.15, -0.1) is 0 Å². The number of carbonyl (C=O) groups is 2. The number of amides is 2. The number of anilines is 1. The number of rotatable bonds is 5. The highest BCUT2D eigenvalue weighted by Gasteiger charge is 2.36. The van der Waals surface area contributed by atoms with Gasteiger partial charge in [-0.1, -0.05) is 37.3 Å². The Balaban J connectivity index is 1.34. The van der Waals surface area contributed by atoms with Gasteiger partial charge in [0.05, 0.1) is 12.5 Å². The lowest BCUT2D eigenvalue weighted by Gasteiger charge is -2.27. The van der Waals surface area contributed by atoms with E-state index in [1.807, 2.05) is 48.5 Å². The van der Waals surface area contributed by atoms with Crippen molar-refractivity contribution in [3.8, 4) is 11.5 Å². The first kappa shape index (κ1) is 18.3. The van der Waals surface area contributed by atoms with Crippen LogP contribution in [0.25, 0.3) is 0 Å². The molecule has 0 radical (unpaired) electrons. The van der Waals surface area contributed by atoms with Gasteiger partial charge in [-0.3, -0.25) is 9.59 Å². The smallest absolute Gasteiger partial charge is 0.227 e. The molecule has 146 valence electrons. The average molecular weight is 380 g/mol. The lowest BCUT2D eigenvalue weighted by molar-refractivity contribution is -0.126. The molecule has 0 aliphatic carbocycles. The molecular formula is C22H24N2O4. The van der Waals surface area contributed by atoms with Gasteiger partial charge >= 0.3 is 0 Å². The Hall–Kier alpha value is -3.02. The summed E-state index contributed by atoms with van der Waals surface area (Å²) in [5.74, 6) is 0.928. The molecule has 6 nitrogen and oxygen atoms in total. The number of carbonyl (C=O) groups excluding carboxylic acids is 2. The number of nitrogens with zero attached hydrogens (tertiary/aromatic N) is 1. The van der Waals surface area contributed by atoms with Crippen molar-refractivity contribution in [1.29, 1.82) is 0 Å². The number of ether oxygens (including phenoxy) is 2. The third-order valence-corrected chi connectivity index (χ3v) is 5.23. The summed E-state index contributed by atoms with van der Waals surface area (Å²) in [6.45, 7) is 3.21. The van der Waals surface area contributed by atoms with Crippen molar-refractivity contribution in [2.24, 2.45) is 5.92 Å². The second-order valence-electron chi connectivity index (χ2n) is 7.13. The van der Waals surface area contributed by atoms with E-state index >= 15 is 0 Å². The zero-order chi connectivity index (χ0) is 19.5. The van der Waals surface area contributed by atoms with Crippen molar-refractivity contribution in [3.05, 3.63) is 54.1 Å². The fourth-order valence-electron chi connectivity index (χ4n) is 3.71. The van der Waals surface area contributed by atoms with Gasteiger partial charge in [-0.2, -0.15) is 0 Å². The first-order valence-electron chi connectivity index (χ1n) is 9.70. The van der Waals surface area contributed by atoms with Crippen LogP contribution in [0.5, 0.6) is 11.5 Å². The van der Waals surface area contributed by atoms with Crippen LogP contribution in [0.2, 0.25) is 0 Å². The molecule has 1 saturated heterocycles. The van der Waals surface area contributed by atoms with Crippen LogP contribution in [0.4, 0.5) is 5.69 Å². The van der Waals surface area contributed by atoms with Crippen molar-refractivity contribution in [2.45, 2.75) is 25.9 Å². The maximum Gasteiger partial charge on any atom is 0.227 e. The van der Waals surface area contributed by atoms with Gasteiger partial charge in [-0.05, 0) is 30.2 Å². The predicted octanol–water partition coefficient (Wildman–Crippen LogP) is 2.56. The molecule has 28 heavy (non-hydrogen) atoms. The van der Waals surface area contributed by atoms with Crippen molar-refractivity contribution < 1.29 is 19.1 Å². The monoisotopic (exact) mass is 380 g/mol. The first-order chi connectivity index (χ1) is 13.7. The van der Waals surface area contributed by atoms with Gasteiger partial charge in [0.15, 0.2) is 11.5 Å². The molecule has 2 aliphatic heterocycles. The molecule has 2 atom stereocenters. The van der Waals surface area contributed by atoms with Gasteiger partial charge in [0.2, 0.25) is 11.8 Å². The topological polar surface area (TPSA) is 67.9 Å². The van der Waals surface area contributed by atoms with E-state index in [1.165, 1.54) is 0 Å². The van der Waals surface area contributed by atoms with Crippen LogP contribution in [0.1, 0.15) is 18.9 Å². The lowest BCUT2D eigenvalue weighted by atomic mass is 10.1. The summed E-state index contributed by atoms with van der Waals surface area (Å²) in [5, 5.41) is 2.92. The molecule has 2 unspecified atom stereocenters. The minimum Gasteiger partial charge on any atom is -0.486 e. The second-order valence-corrected chi connectivity index (χ2v) is 7.13. The van der Waals surface area contributed by atoms with Crippen LogP contribution in [0.3, 0.4) is 0 Å². The Morgan fingerprint density at radius 3 is 2.71 bits per heavy atom. The van der Waals surface area contributed by atoms with E-state index in [0.717, 1.165) is 23.4 Å². The Labute approximate surface area is 164 Å². The van der Waals surface area contributed by atoms with E-state index in [1.54, 1.807) is 4.90 Å². The van der Waals surface area contributed by atoms with E-state index in [9.17, 15) is 9.59 Å². The predicted molar refractivity (Wildman–Crippen MR) is 106 cm³/mol. The van der Waals surface area contributed by atoms with Gasteiger partial charge in [-0.25, -0.2) is 0 Å². The molecule has 2 aliphatic rings. The molecule has 2 amide bonds. The molecule has 2 aromatic rings. The van der Waals surface area contributed by atoms with Crippen LogP contribution in [-0.4, -0.2) is 37.6 Å². The number of hydrogen-bond donors (Lipinski definition) is 1. The average Bonchev–Trinajstić information content (AvgIpc) is 3.13. The highest BCUT2D eigenvalue weighted by Crippen LogP contribution is 2.31. The molecule has 0 spiro atoms. The maximum absolute atomic E-state index is 12.6. The number of hydrogen-bond acceptors (Lipinski definition) is 4. The molecule has 0 saturated carbocycles. The number of para-hydroxylation sites is 3. The Morgan fingerprint density at radius 2 is 1.89 bits per heavy atom. The quantitative estimate of drug-likeness (QED) is 0.866. The van der Waals surface area contributed by atoms with Crippen LogP contribution in [0.15, 0.2) is 48.5 Å². The first-order valence-corrected chi connectivity index (χ1v) is 9.70. The summed E-state index contributed by atoms with van der Waals surface area (Å²) in [5.41, 5.74) is 2.02. The van der Waals surface area contributed by atoms with Crippen LogP contribution in [0, 0.1) is 5.92 Å². The molecular weight excluding hydrogens is 356 g/mol. The molecule has 2 aromatic carbocycles. The van der Waals surface area contributed by atoms with Gasteiger partial charge < -0.3 is 19.7 Å². The van der Waals surface area contributed by atoms with Crippen LogP contribution < -0.4 is 19.7 Å². The Kier molecular flexibility index (Phi) is 5.19. The van der Waals surface area contributed by atoms with Gasteiger partial charge in [0.25, 0.3) is 0 Å². The van der Waals surface area contributed by atoms with Crippen LogP contribution >= 0.6 is 0 Å². The third-order valence-electron chi connectivity index (χ3n) is 5.23. The number of fused-ring (bicyclic) bond motifs is 1. The molecule has 0 bridgehead atoms. The summed E-state index contributed by atoms with van der Waals surface area (Å²) >= 11 is 0. The molecule has 1 fully saturated rings. The summed E-state index contributed by atoms with van der Waals surface area (Å²) in [6.07, 6.45) is 0.833. The second kappa shape index (κ2) is 7.92. The number of nitrogens with one attached hydrogen (secondary N) is 1. The zero-order valence-electron chi connectivity index (χ0n) is 15.9. The van der Waals surface area contributed by atoms with Crippen molar-refractivity contribution in [3.63, 3.8) is 0 Å². The van der Waals surface area contributed by atoms with E-state index in [2.05, 4.69) is 12.2 Å². The maximum atomic E-state index is 12.6. The number of aryl methyl sites for hydroxylation is 1. The normalized spacial score (nSPS) is 20.9. The largest absolute Gasteiger partial charge is 0.486 e. The van der Waals surface area contributed by atoms with E-state index in [0.29, 0.717) is 25.4 Å². The molecule has 0 aromatic heterocycles.